The van der Waals surface area contributed by atoms with Gasteiger partial charge in [-0.1, -0.05) is 12.1 Å². The lowest BCUT2D eigenvalue weighted by atomic mass is 10.1. The Morgan fingerprint density at radius 1 is 1.33 bits per heavy atom. The summed E-state index contributed by atoms with van der Waals surface area (Å²) < 4.78 is 2.09. The predicted molar refractivity (Wildman–Crippen MR) is 60.9 cm³/mol. The fourth-order valence-electron chi connectivity index (χ4n) is 1.98. The quantitative estimate of drug-likeness (QED) is 0.813. The van der Waals surface area contributed by atoms with Crippen molar-refractivity contribution < 1.29 is 5.11 Å². The molecule has 3 heteroatoms. The minimum Gasteiger partial charge on any atom is -0.394 e. The van der Waals surface area contributed by atoms with Crippen molar-refractivity contribution in [3.63, 3.8) is 0 Å². The van der Waals surface area contributed by atoms with Crippen molar-refractivity contribution in [2.75, 3.05) is 6.61 Å². The summed E-state index contributed by atoms with van der Waals surface area (Å²) in [6.07, 6.45) is 0. The van der Waals surface area contributed by atoms with E-state index >= 15 is 0 Å². The van der Waals surface area contributed by atoms with Crippen LogP contribution in [0.1, 0.15) is 19.7 Å². The van der Waals surface area contributed by atoms with Crippen LogP contribution in [0.15, 0.2) is 24.3 Å². The van der Waals surface area contributed by atoms with Gasteiger partial charge in [0.1, 0.15) is 5.82 Å². The van der Waals surface area contributed by atoms with Crippen molar-refractivity contribution >= 4 is 11.0 Å². The van der Waals surface area contributed by atoms with Crippen molar-refractivity contribution in [1.29, 1.82) is 0 Å². The molecular formula is C12H16N2O. The lowest BCUT2D eigenvalue weighted by Gasteiger charge is -2.26. The fourth-order valence-corrected chi connectivity index (χ4v) is 1.98. The summed E-state index contributed by atoms with van der Waals surface area (Å²) in [4.78, 5) is 4.48. The van der Waals surface area contributed by atoms with Gasteiger partial charge in [0.2, 0.25) is 0 Å². The third kappa shape index (κ3) is 1.53. The first-order chi connectivity index (χ1) is 7.06. The zero-order valence-corrected chi connectivity index (χ0v) is 9.36. The van der Waals surface area contributed by atoms with Crippen molar-refractivity contribution in [3.05, 3.63) is 30.1 Å². The van der Waals surface area contributed by atoms with E-state index < -0.39 is 0 Å². The smallest absolute Gasteiger partial charge is 0.107 e. The van der Waals surface area contributed by atoms with Crippen LogP contribution in [0.2, 0.25) is 0 Å². The second-order valence-corrected chi connectivity index (χ2v) is 4.45. The van der Waals surface area contributed by atoms with Crippen LogP contribution in [0.4, 0.5) is 0 Å². The van der Waals surface area contributed by atoms with Crippen LogP contribution < -0.4 is 0 Å². The molecule has 0 aliphatic heterocycles. The number of hydrogen-bond acceptors (Lipinski definition) is 2. The molecule has 3 nitrogen and oxygen atoms in total. The molecule has 1 heterocycles. The molecule has 0 bridgehead atoms. The first-order valence-corrected chi connectivity index (χ1v) is 5.12. The average molecular weight is 204 g/mol. The standard InChI is InChI=1S/C12H16N2O/c1-9-13-10-6-4-5-7-11(10)14(9)12(2,3)8-15/h4-7,15H,8H2,1-3H3. The molecular weight excluding hydrogens is 188 g/mol. The van der Waals surface area contributed by atoms with E-state index in [1.54, 1.807) is 0 Å². The van der Waals surface area contributed by atoms with E-state index in [0.29, 0.717) is 0 Å². The summed E-state index contributed by atoms with van der Waals surface area (Å²) in [6.45, 7) is 6.09. The van der Waals surface area contributed by atoms with E-state index in [-0.39, 0.29) is 12.1 Å². The largest absolute Gasteiger partial charge is 0.394 e. The Morgan fingerprint density at radius 2 is 2.00 bits per heavy atom. The molecule has 0 spiro atoms. The highest BCUT2D eigenvalue weighted by atomic mass is 16.3. The van der Waals surface area contributed by atoms with Gasteiger partial charge in [0.05, 0.1) is 23.2 Å². The Morgan fingerprint density at radius 3 is 2.67 bits per heavy atom. The van der Waals surface area contributed by atoms with E-state index in [2.05, 4.69) is 9.55 Å². The molecule has 0 atom stereocenters. The van der Waals surface area contributed by atoms with E-state index in [4.69, 9.17) is 0 Å². The van der Waals surface area contributed by atoms with Crippen LogP contribution in [0, 0.1) is 6.92 Å². The van der Waals surface area contributed by atoms with Gasteiger partial charge in [-0.25, -0.2) is 4.98 Å². The molecule has 1 aromatic heterocycles. The summed E-state index contributed by atoms with van der Waals surface area (Å²) in [6, 6.07) is 8.00. The second kappa shape index (κ2) is 3.35. The number of imidazole rings is 1. The fraction of sp³-hybridized carbons (Fsp3) is 0.417. The molecule has 0 aliphatic carbocycles. The normalized spacial score (nSPS) is 12.3. The number of aryl methyl sites for hydroxylation is 1. The average Bonchev–Trinajstić information content (AvgIpc) is 2.54. The third-order valence-corrected chi connectivity index (χ3v) is 2.72. The zero-order chi connectivity index (χ0) is 11.1. The molecule has 0 saturated heterocycles. The topological polar surface area (TPSA) is 38.0 Å². The van der Waals surface area contributed by atoms with Crippen LogP contribution >= 0.6 is 0 Å². The zero-order valence-electron chi connectivity index (χ0n) is 9.36. The first-order valence-electron chi connectivity index (χ1n) is 5.12. The molecule has 0 radical (unpaired) electrons. The van der Waals surface area contributed by atoms with Gasteiger partial charge in [-0.3, -0.25) is 0 Å². The highest BCUT2D eigenvalue weighted by Gasteiger charge is 2.23. The molecule has 0 fully saturated rings. The van der Waals surface area contributed by atoms with Gasteiger partial charge in [-0.15, -0.1) is 0 Å². The first kappa shape index (κ1) is 10.2. The summed E-state index contributed by atoms with van der Waals surface area (Å²) >= 11 is 0. The highest BCUT2D eigenvalue weighted by Crippen LogP contribution is 2.24. The maximum absolute atomic E-state index is 9.40. The van der Waals surface area contributed by atoms with Gasteiger partial charge >= 0.3 is 0 Å². The van der Waals surface area contributed by atoms with E-state index in [1.807, 2.05) is 45.0 Å². The second-order valence-electron chi connectivity index (χ2n) is 4.45. The maximum Gasteiger partial charge on any atom is 0.107 e. The summed E-state index contributed by atoms with van der Waals surface area (Å²) in [5.41, 5.74) is 1.76. The van der Waals surface area contributed by atoms with Crippen molar-refractivity contribution in [2.45, 2.75) is 26.3 Å². The number of para-hydroxylation sites is 2. The molecule has 1 N–H and O–H groups in total. The van der Waals surface area contributed by atoms with Gasteiger partial charge in [0.25, 0.3) is 0 Å². The van der Waals surface area contributed by atoms with Crippen LogP contribution in [0.25, 0.3) is 11.0 Å². The Labute approximate surface area is 89.4 Å². The number of aromatic nitrogens is 2. The SMILES string of the molecule is Cc1nc2ccccc2n1C(C)(C)CO. The van der Waals surface area contributed by atoms with Gasteiger partial charge < -0.3 is 9.67 Å². The van der Waals surface area contributed by atoms with E-state index in [9.17, 15) is 5.11 Å². The van der Waals surface area contributed by atoms with Crippen molar-refractivity contribution in [2.24, 2.45) is 0 Å². The van der Waals surface area contributed by atoms with Gasteiger partial charge in [-0.2, -0.15) is 0 Å². The Kier molecular flexibility index (Phi) is 2.27. The van der Waals surface area contributed by atoms with Crippen LogP contribution in [0.3, 0.4) is 0 Å². The minimum atomic E-state index is -0.305. The number of rotatable bonds is 2. The van der Waals surface area contributed by atoms with Crippen molar-refractivity contribution in [1.82, 2.24) is 9.55 Å². The third-order valence-electron chi connectivity index (χ3n) is 2.72. The van der Waals surface area contributed by atoms with Gasteiger partial charge in [0, 0.05) is 0 Å². The molecule has 80 valence electrons. The number of aliphatic hydroxyl groups is 1. The lowest BCUT2D eigenvalue weighted by molar-refractivity contribution is 0.166. The number of benzene rings is 1. The molecule has 1 aromatic carbocycles. The highest BCUT2D eigenvalue weighted by molar-refractivity contribution is 5.76. The predicted octanol–water partition coefficient (Wildman–Crippen LogP) is 2.07. The van der Waals surface area contributed by atoms with E-state index in [0.717, 1.165) is 16.9 Å². The Hall–Kier alpha value is -1.35. The molecule has 0 unspecified atom stereocenters. The number of fused-ring (bicyclic) bond motifs is 1. The van der Waals surface area contributed by atoms with Gasteiger partial charge in [-0.05, 0) is 32.9 Å². The molecule has 0 aliphatic rings. The summed E-state index contributed by atoms with van der Waals surface area (Å²) in [5.74, 6) is 0.940. The van der Waals surface area contributed by atoms with Crippen LogP contribution in [-0.2, 0) is 5.54 Å². The molecule has 0 saturated carbocycles. The maximum atomic E-state index is 9.40. The summed E-state index contributed by atoms with van der Waals surface area (Å²) in [5, 5.41) is 9.40. The minimum absolute atomic E-state index is 0.105. The number of hydrogen-bond donors (Lipinski definition) is 1. The van der Waals surface area contributed by atoms with Gasteiger partial charge in [0.15, 0.2) is 0 Å². The van der Waals surface area contributed by atoms with Crippen LogP contribution in [0.5, 0.6) is 0 Å². The molecule has 2 rings (SSSR count). The molecule has 0 amide bonds. The van der Waals surface area contributed by atoms with E-state index in [1.165, 1.54) is 0 Å². The lowest BCUT2D eigenvalue weighted by Crippen LogP contribution is -2.31. The molecule has 15 heavy (non-hydrogen) atoms. The van der Waals surface area contributed by atoms with Crippen molar-refractivity contribution in [3.8, 4) is 0 Å². The number of nitrogens with zero attached hydrogens (tertiary/aromatic N) is 2. The van der Waals surface area contributed by atoms with Crippen LogP contribution in [-0.4, -0.2) is 21.3 Å². The monoisotopic (exact) mass is 204 g/mol. The number of aliphatic hydroxyl groups excluding tert-OH is 1. The Balaban J connectivity index is 2.74. The summed E-state index contributed by atoms with van der Waals surface area (Å²) in [7, 11) is 0. The Bertz CT molecular complexity index is 485. The molecule has 2 aromatic rings.